The molecule has 1 heterocycles. The highest BCUT2D eigenvalue weighted by Gasteiger charge is 2.32. The number of alkyl halides is 3. The molecule has 0 spiro atoms. The van der Waals surface area contributed by atoms with Crippen molar-refractivity contribution in [1.82, 2.24) is 0 Å². The van der Waals surface area contributed by atoms with Crippen molar-refractivity contribution in [1.29, 1.82) is 0 Å². The smallest absolute Gasteiger partial charge is 0.416 e. The van der Waals surface area contributed by atoms with Crippen molar-refractivity contribution in [3.8, 4) is 17.1 Å². The van der Waals surface area contributed by atoms with E-state index in [2.05, 4.69) is 0 Å². The number of carbonyl (C=O) groups is 1. The van der Waals surface area contributed by atoms with E-state index < -0.39 is 17.7 Å². The molecule has 1 aliphatic rings. The molecular weight excluding hydrogens is 485 g/mol. The van der Waals surface area contributed by atoms with Crippen LogP contribution in [-0.4, -0.2) is 19.7 Å². The van der Waals surface area contributed by atoms with Crippen LogP contribution in [-0.2, 0) is 22.3 Å². The van der Waals surface area contributed by atoms with Crippen molar-refractivity contribution in [3.05, 3.63) is 77.0 Å². The Morgan fingerprint density at radius 2 is 1.70 bits per heavy atom. The van der Waals surface area contributed by atoms with E-state index >= 15 is 0 Å². The van der Waals surface area contributed by atoms with E-state index in [1.807, 2.05) is 13.0 Å². The fourth-order valence-corrected chi connectivity index (χ4v) is 4.74. The average molecular weight is 517 g/mol. The number of halogens is 3. The van der Waals surface area contributed by atoms with Crippen molar-refractivity contribution >= 4 is 5.97 Å². The number of rotatable bonds is 9. The van der Waals surface area contributed by atoms with Crippen LogP contribution >= 0.6 is 0 Å². The summed E-state index contributed by atoms with van der Waals surface area (Å²) in [6.07, 6.45) is 0.583. The Hall–Kier alpha value is -3.26. The molecule has 8 heteroatoms. The van der Waals surface area contributed by atoms with Crippen molar-refractivity contribution in [3.63, 3.8) is 0 Å². The number of carbonyl (C=O) groups excluding carboxylic acids is 1. The molecule has 1 unspecified atom stereocenters. The standard InChI is InChI=1S/C29H31F3O5/c1-3-35-18-26-24(17-25(37-26)19-9-13-22(14-10-19)29(30,31)32)27(20-7-5-4-6-8-20)36-23-15-11-21(12-16-23)28(33)34-2/h9-17,20,27H,3-8,18H2,1-2H3. The molecule has 1 saturated carbocycles. The zero-order chi connectivity index (χ0) is 26.4. The van der Waals surface area contributed by atoms with Gasteiger partial charge in [0.25, 0.3) is 0 Å². The topological polar surface area (TPSA) is 57.9 Å². The number of benzene rings is 2. The third-order valence-electron chi connectivity index (χ3n) is 6.70. The number of methoxy groups -OCH3 is 1. The average Bonchev–Trinajstić information content (AvgIpc) is 3.34. The zero-order valence-corrected chi connectivity index (χ0v) is 21.0. The van der Waals surface area contributed by atoms with Crippen LogP contribution in [0.2, 0.25) is 0 Å². The van der Waals surface area contributed by atoms with Gasteiger partial charge in [-0.2, -0.15) is 13.2 Å². The fraction of sp³-hybridized carbons (Fsp3) is 0.414. The number of hydrogen-bond acceptors (Lipinski definition) is 5. The van der Waals surface area contributed by atoms with Gasteiger partial charge in [0.2, 0.25) is 0 Å². The maximum atomic E-state index is 13.1. The van der Waals surface area contributed by atoms with Gasteiger partial charge in [0, 0.05) is 23.7 Å². The van der Waals surface area contributed by atoms with Gasteiger partial charge in [-0.1, -0.05) is 31.4 Å². The van der Waals surface area contributed by atoms with Gasteiger partial charge in [-0.05, 0) is 62.2 Å². The van der Waals surface area contributed by atoms with Crippen molar-refractivity contribution in [2.45, 2.75) is 57.9 Å². The summed E-state index contributed by atoms with van der Waals surface area (Å²) in [5.74, 6) is 1.46. The maximum absolute atomic E-state index is 13.1. The summed E-state index contributed by atoms with van der Waals surface area (Å²) < 4.78 is 62.3. The van der Waals surface area contributed by atoms with Crippen LogP contribution in [0.25, 0.3) is 11.3 Å². The van der Waals surface area contributed by atoms with Crippen molar-refractivity contribution in [2.75, 3.05) is 13.7 Å². The predicted molar refractivity (Wildman–Crippen MR) is 132 cm³/mol. The molecule has 0 saturated heterocycles. The lowest BCUT2D eigenvalue weighted by Gasteiger charge is -2.31. The van der Waals surface area contributed by atoms with E-state index in [0.29, 0.717) is 35.0 Å². The summed E-state index contributed by atoms with van der Waals surface area (Å²) in [5, 5.41) is 0. The van der Waals surface area contributed by atoms with Crippen molar-refractivity contribution in [2.24, 2.45) is 5.92 Å². The molecule has 37 heavy (non-hydrogen) atoms. The highest BCUT2D eigenvalue weighted by Crippen LogP contribution is 2.42. The monoisotopic (exact) mass is 516 g/mol. The van der Waals surface area contributed by atoms with Crippen LogP contribution in [0.5, 0.6) is 5.75 Å². The second-order valence-electron chi connectivity index (χ2n) is 9.15. The molecule has 0 amide bonds. The number of ether oxygens (including phenoxy) is 3. The summed E-state index contributed by atoms with van der Waals surface area (Å²) >= 11 is 0. The zero-order valence-electron chi connectivity index (χ0n) is 21.0. The lowest BCUT2D eigenvalue weighted by Crippen LogP contribution is -2.22. The van der Waals surface area contributed by atoms with E-state index in [-0.39, 0.29) is 18.6 Å². The van der Waals surface area contributed by atoms with E-state index in [4.69, 9.17) is 18.6 Å². The molecule has 0 bridgehead atoms. The quantitative estimate of drug-likeness (QED) is 0.270. The Balaban J connectivity index is 1.69. The maximum Gasteiger partial charge on any atom is 0.416 e. The largest absolute Gasteiger partial charge is 0.485 e. The third kappa shape index (κ3) is 6.55. The minimum Gasteiger partial charge on any atom is -0.485 e. The van der Waals surface area contributed by atoms with Crippen LogP contribution in [0.15, 0.2) is 59.0 Å². The number of esters is 1. The molecule has 1 aliphatic carbocycles. The molecule has 0 aliphatic heterocycles. The number of hydrogen-bond donors (Lipinski definition) is 0. The highest BCUT2D eigenvalue weighted by atomic mass is 19.4. The normalized spacial score (nSPS) is 15.4. The van der Waals surface area contributed by atoms with Gasteiger partial charge in [-0.25, -0.2) is 4.79 Å². The van der Waals surface area contributed by atoms with Gasteiger partial charge >= 0.3 is 12.1 Å². The van der Waals surface area contributed by atoms with Gasteiger partial charge in [0.1, 0.15) is 30.0 Å². The first-order valence-corrected chi connectivity index (χ1v) is 12.5. The molecule has 198 valence electrons. The van der Waals surface area contributed by atoms with Gasteiger partial charge in [-0.15, -0.1) is 0 Å². The van der Waals surface area contributed by atoms with Gasteiger partial charge in [-0.3, -0.25) is 0 Å². The third-order valence-corrected chi connectivity index (χ3v) is 6.70. The van der Waals surface area contributed by atoms with E-state index in [1.165, 1.54) is 25.7 Å². The molecular formula is C29H31F3O5. The molecule has 5 nitrogen and oxygen atoms in total. The lowest BCUT2D eigenvalue weighted by molar-refractivity contribution is -0.137. The molecule has 2 aromatic carbocycles. The molecule has 4 rings (SSSR count). The van der Waals surface area contributed by atoms with Gasteiger partial charge in [0.15, 0.2) is 0 Å². The summed E-state index contributed by atoms with van der Waals surface area (Å²) in [7, 11) is 1.33. The first-order valence-electron chi connectivity index (χ1n) is 12.5. The van der Waals surface area contributed by atoms with Crippen LogP contribution < -0.4 is 4.74 Å². The predicted octanol–water partition coefficient (Wildman–Crippen LogP) is 7.99. The van der Waals surface area contributed by atoms with E-state index in [1.54, 1.807) is 24.3 Å². The van der Waals surface area contributed by atoms with Crippen LogP contribution in [0.3, 0.4) is 0 Å². The van der Waals surface area contributed by atoms with Gasteiger partial charge < -0.3 is 18.6 Å². The van der Waals surface area contributed by atoms with Crippen LogP contribution in [0.1, 0.15) is 72.4 Å². The molecule has 3 aromatic rings. The molecule has 0 N–H and O–H groups in total. The lowest BCUT2D eigenvalue weighted by atomic mass is 9.82. The van der Waals surface area contributed by atoms with Crippen LogP contribution in [0, 0.1) is 5.92 Å². The second kappa shape index (κ2) is 11.9. The van der Waals surface area contributed by atoms with Crippen molar-refractivity contribution < 1.29 is 36.6 Å². The van der Waals surface area contributed by atoms with Crippen LogP contribution in [0.4, 0.5) is 13.2 Å². The first-order chi connectivity index (χ1) is 17.8. The fourth-order valence-electron chi connectivity index (χ4n) is 4.74. The molecule has 1 atom stereocenters. The minimum atomic E-state index is -4.41. The second-order valence-corrected chi connectivity index (χ2v) is 9.15. The molecule has 1 fully saturated rings. The summed E-state index contributed by atoms with van der Waals surface area (Å²) in [6, 6.07) is 13.6. The summed E-state index contributed by atoms with van der Waals surface area (Å²) in [6.45, 7) is 2.59. The van der Waals surface area contributed by atoms with E-state index in [0.717, 1.165) is 43.4 Å². The molecule has 0 radical (unpaired) electrons. The summed E-state index contributed by atoms with van der Waals surface area (Å²) in [5.41, 5.74) is 1.08. The Bertz CT molecular complexity index is 1160. The Morgan fingerprint density at radius 3 is 2.30 bits per heavy atom. The van der Waals surface area contributed by atoms with Gasteiger partial charge in [0.05, 0.1) is 18.2 Å². The Labute approximate surface area is 214 Å². The highest BCUT2D eigenvalue weighted by molar-refractivity contribution is 5.89. The first kappa shape index (κ1) is 26.8. The SMILES string of the molecule is CCOCc1oc(-c2ccc(C(F)(F)F)cc2)cc1C(Oc1ccc(C(=O)OC)cc1)C1CCCCC1. The number of furan rings is 1. The van der Waals surface area contributed by atoms with E-state index in [9.17, 15) is 18.0 Å². The Kier molecular flexibility index (Phi) is 8.59. The summed E-state index contributed by atoms with van der Waals surface area (Å²) in [4.78, 5) is 11.8. The molecule has 1 aromatic heterocycles. The Morgan fingerprint density at radius 1 is 1.03 bits per heavy atom. The minimum absolute atomic E-state index is 0.223.